The summed E-state index contributed by atoms with van der Waals surface area (Å²) in [6, 6.07) is -0.0519. The van der Waals surface area contributed by atoms with E-state index in [1.165, 1.54) is 0 Å². The molecule has 0 aromatic rings. The summed E-state index contributed by atoms with van der Waals surface area (Å²) >= 11 is 0. The van der Waals surface area contributed by atoms with Crippen LogP contribution < -0.4 is 5.32 Å². The van der Waals surface area contributed by atoms with E-state index in [1.807, 2.05) is 0 Å². The number of hydrogen-bond donors (Lipinski definition) is 1. The van der Waals surface area contributed by atoms with Crippen LogP contribution in [0.3, 0.4) is 0 Å². The summed E-state index contributed by atoms with van der Waals surface area (Å²) in [5.74, 6) is -3.46. The Labute approximate surface area is 133 Å². The molecule has 1 atom stereocenters. The van der Waals surface area contributed by atoms with Gasteiger partial charge in [0.25, 0.3) is 0 Å². The molecule has 0 aromatic carbocycles. The van der Waals surface area contributed by atoms with Crippen LogP contribution in [-0.2, 0) is 14.4 Å². The van der Waals surface area contributed by atoms with Gasteiger partial charge in [0.1, 0.15) is 0 Å². The van der Waals surface area contributed by atoms with E-state index in [4.69, 9.17) is 0 Å². The molecule has 2 saturated heterocycles. The molecule has 2 heterocycles. The molecule has 23 heavy (non-hydrogen) atoms. The number of likely N-dealkylation sites (tertiary alicyclic amines) is 2. The number of halogens is 2. The Morgan fingerprint density at radius 1 is 1.26 bits per heavy atom. The highest BCUT2D eigenvalue weighted by atomic mass is 19.3. The van der Waals surface area contributed by atoms with Gasteiger partial charge in [-0.25, -0.2) is 8.78 Å². The van der Waals surface area contributed by atoms with Gasteiger partial charge < -0.3 is 15.1 Å². The van der Waals surface area contributed by atoms with Crippen LogP contribution in [0.15, 0.2) is 0 Å². The number of nitrogens with one attached hydrogen (secondary N) is 1. The molecule has 0 aromatic heterocycles. The van der Waals surface area contributed by atoms with Crippen molar-refractivity contribution in [3.05, 3.63) is 0 Å². The van der Waals surface area contributed by atoms with Crippen molar-refractivity contribution in [2.75, 3.05) is 26.7 Å². The van der Waals surface area contributed by atoms with Crippen molar-refractivity contribution in [1.29, 1.82) is 0 Å². The molecule has 6 nitrogen and oxygen atoms in total. The molecule has 128 valence electrons. The highest BCUT2D eigenvalue weighted by molar-refractivity contribution is 5.89. The molecule has 1 saturated carbocycles. The summed E-state index contributed by atoms with van der Waals surface area (Å²) in [7, 11) is 1.54. The molecule has 3 fully saturated rings. The number of amides is 3. The van der Waals surface area contributed by atoms with Crippen LogP contribution >= 0.6 is 0 Å². The average molecular weight is 329 g/mol. The Balaban J connectivity index is 1.43. The second-order valence-electron chi connectivity index (χ2n) is 6.85. The second kappa shape index (κ2) is 5.72. The lowest BCUT2D eigenvalue weighted by Gasteiger charge is -2.45. The number of alkyl halides is 2. The van der Waals surface area contributed by atoms with Gasteiger partial charge in [-0.15, -0.1) is 0 Å². The number of hydrogen-bond acceptors (Lipinski definition) is 3. The Morgan fingerprint density at radius 3 is 2.48 bits per heavy atom. The van der Waals surface area contributed by atoms with Crippen molar-refractivity contribution in [2.45, 2.75) is 37.6 Å². The third kappa shape index (κ3) is 3.16. The molecule has 8 heteroatoms. The van der Waals surface area contributed by atoms with Gasteiger partial charge in [-0.2, -0.15) is 0 Å². The zero-order chi connectivity index (χ0) is 16.8. The molecular formula is C15H21F2N3O3. The fraction of sp³-hybridized carbons (Fsp3) is 0.800. The third-order valence-electron chi connectivity index (χ3n) is 5.07. The largest absolute Gasteiger partial charge is 0.359 e. The van der Waals surface area contributed by atoms with Crippen LogP contribution in [0.1, 0.15) is 25.7 Å². The van der Waals surface area contributed by atoms with Crippen molar-refractivity contribution in [3.63, 3.8) is 0 Å². The summed E-state index contributed by atoms with van der Waals surface area (Å²) < 4.78 is 25.5. The maximum Gasteiger partial charge on any atom is 0.248 e. The van der Waals surface area contributed by atoms with E-state index in [9.17, 15) is 23.2 Å². The van der Waals surface area contributed by atoms with Crippen molar-refractivity contribution < 1.29 is 23.2 Å². The number of carbonyl (C=O) groups excluding carboxylic acids is 3. The van der Waals surface area contributed by atoms with Crippen LogP contribution in [0.4, 0.5) is 8.78 Å². The zero-order valence-corrected chi connectivity index (χ0v) is 13.1. The second-order valence-corrected chi connectivity index (χ2v) is 6.85. The van der Waals surface area contributed by atoms with Crippen LogP contribution in [0, 0.1) is 11.8 Å². The van der Waals surface area contributed by atoms with Crippen LogP contribution in [0.25, 0.3) is 0 Å². The van der Waals surface area contributed by atoms with Gasteiger partial charge in [0.05, 0.1) is 12.0 Å². The highest BCUT2D eigenvalue weighted by Gasteiger charge is 2.48. The average Bonchev–Trinajstić information content (AvgIpc) is 2.76. The normalized spacial score (nSPS) is 27.6. The van der Waals surface area contributed by atoms with Crippen LogP contribution in [0.5, 0.6) is 0 Å². The molecule has 1 unspecified atom stereocenters. The smallest absolute Gasteiger partial charge is 0.248 e. The Kier molecular flexibility index (Phi) is 4.01. The Morgan fingerprint density at radius 2 is 1.91 bits per heavy atom. The molecule has 3 rings (SSSR count). The summed E-state index contributed by atoms with van der Waals surface area (Å²) in [6.45, 7) is 1.27. The molecule has 0 radical (unpaired) electrons. The van der Waals surface area contributed by atoms with E-state index in [0.717, 1.165) is 0 Å². The van der Waals surface area contributed by atoms with Gasteiger partial charge in [0.15, 0.2) is 0 Å². The first kappa shape index (κ1) is 16.1. The van der Waals surface area contributed by atoms with Gasteiger partial charge in [-0.1, -0.05) is 0 Å². The summed E-state index contributed by atoms with van der Waals surface area (Å²) in [5, 5.41) is 2.55. The van der Waals surface area contributed by atoms with Crippen molar-refractivity contribution in [3.8, 4) is 0 Å². The minimum absolute atomic E-state index is 0.0519. The predicted molar refractivity (Wildman–Crippen MR) is 76.5 cm³/mol. The quantitative estimate of drug-likeness (QED) is 0.803. The molecule has 1 aliphatic carbocycles. The highest BCUT2D eigenvalue weighted by Crippen LogP contribution is 2.44. The van der Waals surface area contributed by atoms with Gasteiger partial charge in [0, 0.05) is 52.4 Å². The van der Waals surface area contributed by atoms with E-state index in [1.54, 1.807) is 16.8 Å². The molecule has 3 amide bonds. The van der Waals surface area contributed by atoms with Gasteiger partial charge in [-0.3, -0.25) is 14.4 Å². The lowest BCUT2D eigenvalue weighted by atomic mass is 9.79. The van der Waals surface area contributed by atoms with E-state index in [-0.39, 0.29) is 61.3 Å². The van der Waals surface area contributed by atoms with Crippen molar-refractivity contribution in [2.24, 2.45) is 11.8 Å². The first-order valence-corrected chi connectivity index (χ1v) is 7.96. The molecule has 3 aliphatic rings. The Bertz CT molecular complexity index is 526. The van der Waals surface area contributed by atoms with Crippen molar-refractivity contribution >= 4 is 17.7 Å². The molecular weight excluding hydrogens is 308 g/mol. The summed E-state index contributed by atoms with van der Waals surface area (Å²) in [4.78, 5) is 38.9. The van der Waals surface area contributed by atoms with E-state index < -0.39 is 5.92 Å². The van der Waals surface area contributed by atoms with E-state index >= 15 is 0 Å². The van der Waals surface area contributed by atoms with Crippen LogP contribution in [-0.4, -0.2) is 66.2 Å². The third-order valence-corrected chi connectivity index (χ3v) is 5.07. The number of carbonyl (C=O) groups is 3. The maximum absolute atomic E-state index is 12.8. The Hall–Kier alpha value is -1.73. The first-order chi connectivity index (χ1) is 10.8. The first-order valence-electron chi connectivity index (χ1n) is 7.96. The standard InChI is InChI=1S/C15H21F2N3O3/c1-18-14(23)10-3-13(22)20(6-10)11-7-19(8-11)12(21)2-9-4-15(16,17)5-9/h9-11H,2-8H2,1H3,(H,18,23). The molecule has 0 spiro atoms. The fourth-order valence-electron chi connectivity index (χ4n) is 3.63. The van der Waals surface area contributed by atoms with Gasteiger partial charge in [0.2, 0.25) is 23.6 Å². The van der Waals surface area contributed by atoms with Crippen LogP contribution in [0.2, 0.25) is 0 Å². The van der Waals surface area contributed by atoms with E-state index in [2.05, 4.69) is 5.32 Å². The van der Waals surface area contributed by atoms with Gasteiger partial charge in [-0.05, 0) is 5.92 Å². The SMILES string of the molecule is CNC(=O)C1CC(=O)N(C2CN(C(=O)CC3CC(F)(F)C3)C2)C1. The van der Waals surface area contributed by atoms with E-state index in [0.29, 0.717) is 19.6 Å². The van der Waals surface area contributed by atoms with Crippen molar-refractivity contribution in [1.82, 2.24) is 15.1 Å². The molecule has 1 N–H and O–H groups in total. The zero-order valence-electron chi connectivity index (χ0n) is 13.1. The minimum Gasteiger partial charge on any atom is -0.359 e. The lowest BCUT2D eigenvalue weighted by molar-refractivity contribution is -0.151. The number of nitrogens with zero attached hydrogens (tertiary/aromatic N) is 2. The maximum atomic E-state index is 12.8. The predicted octanol–water partition coefficient (Wildman–Crippen LogP) is 0.227. The fourth-order valence-corrected chi connectivity index (χ4v) is 3.63. The lowest BCUT2D eigenvalue weighted by Crippen LogP contribution is -2.61. The van der Waals surface area contributed by atoms with Gasteiger partial charge >= 0.3 is 0 Å². The topological polar surface area (TPSA) is 69.7 Å². The minimum atomic E-state index is -2.60. The summed E-state index contributed by atoms with van der Waals surface area (Å²) in [6.07, 6.45) is -0.0265. The monoisotopic (exact) mass is 329 g/mol. The molecule has 0 bridgehead atoms. The summed E-state index contributed by atoms with van der Waals surface area (Å²) in [5.41, 5.74) is 0. The number of rotatable bonds is 4. The molecule has 2 aliphatic heterocycles.